The Hall–Kier alpha value is -0.830. The number of nitrogens with zero attached hydrogens (tertiary/aromatic N) is 5. The lowest BCUT2D eigenvalue weighted by Gasteiger charge is -2.62. The van der Waals surface area contributed by atoms with Crippen molar-refractivity contribution in [2.45, 2.75) is 39.3 Å². The molecule has 24 heavy (non-hydrogen) atoms. The lowest BCUT2D eigenvalue weighted by molar-refractivity contribution is -0.0668. The van der Waals surface area contributed by atoms with Gasteiger partial charge in [0.1, 0.15) is 0 Å². The minimum Gasteiger partial charge on any atom is -0.354 e. The molecule has 2 heterocycles. The summed E-state index contributed by atoms with van der Waals surface area (Å²) in [5.41, 5.74) is 1.62. The van der Waals surface area contributed by atoms with E-state index in [4.69, 9.17) is 0 Å². The molecule has 138 valence electrons. The standard InChI is InChI=1S/C17H32N6.HI/c1-16(2)12-23(17(16,3)4)15(18-5)19-10-14(21(6)7)13-9-20-22(8)11-13;/h9,11,14H,10,12H2,1-8H3,(H,18,19);1H. The number of nitrogens with one attached hydrogen (secondary N) is 1. The molecule has 2 rings (SSSR count). The number of likely N-dealkylation sites (tertiary alicyclic amines) is 1. The fourth-order valence-electron chi connectivity index (χ4n) is 3.09. The minimum absolute atomic E-state index is 0. The molecule has 1 unspecified atom stereocenters. The zero-order valence-corrected chi connectivity index (χ0v) is 18.6. The molecule has 1 fully saturated rings. The summed E-state index contributed by atoms with van der Waals surface area (Å²) in [5.74, 6) is 0.977. The topological polar surface area (TPSA) is 48.7 Å². The molecule has 0 bridgehead atoms. The van der Waals surface area contributed by atoms with E-state index in [1.54, 1.807) is 0 Å². The molecular weight excluding hydrogens is 415 g/mol. The number of aromatic nitrogens is 2. The molecule has 0 aromatic carbocycles. The smallest absolute Gasteiger partial charge is 0.194 e. The van der Waals surface area contributed by atoms with E-state index in [1.165, 1.54) is 5.56 Å². The van der Waals surface area contributed by atoms with Gasteiger partial charge in [-0.05, 0) is 27.9 Å². The summed E-state index contributed by atoms with van der Waals surface area (Å²) < 4.78 is 1.85. The van der Waals surface area contributed by atoms with E-state index in [1.807, 2.05) is 25.0 Å². The van der Waals surface area contributed by atoms with Crippen molar-refractivity contribution in [3.63, 3.8) is 0 Å². The Labute approximate surface area is 163 Å². The summed E-state index contributed by atoms with van der Waals surface area (Å²) in [6, 6.07) is 0.262. The number of rotatable bonds is 4. The van der Waals surface area contributed by atoms with Gasteiger partial charge in [-0.15, -0.1) is 24.0 Å². The van der Waals surface area contributed by atoms with Crippen molar-refractivity contribution >= 4 is 29.9 Å². The van der Waals surface area contributed by atoms with Gasteiger partial charge in [0.25, 0.3) is 0 Å². The molecule has 1 aliphatic heterocycles. The number of aliphatic imine (C=N–C) groups is 1. The molecule has 1 aromatic rings. The van der Waals surface area contributed by atoms with Crippen LogP contribution >= 0.6 is 24.0 Å². The van der Waals surface area contributed by atoms with Crippen LogP contribution in [-0.2, 0) is 7.05 Å². The van der Waals surface area contributed by atoms with E-state index in [2.05, 4.69) is 73.2 Å². The summed E-state index contributed by atoms with van der Waals surface area (Å²) in [6.45, 7) is 11.0. The lowest BCUT2D eigenvalue weighted by atomic mass is 9.65. The molecule has 1 aliphatic rings. The van der Waals surface area contributed by atoms with Crippen LogP contribution in [0.1, 0.15) is 39.3 Å². The van der Waals surface area contributed by atoms with Crippen LogP contribution in [0.4, 0.5) is 0 Å². The fraction of sp³-hybridized carbons (Fsp3) is 0.765. The lowest BCUT2D eigenvalue weighted by Crippen LogP contribution is -2.72. The number of hydrogen-bond acceptors (Lipinski definition) is 3. The van der Waals surface area contributed by atoms with Gasteiger partial charge in [-0.2, -0.15) is 5.10 Å². The highest BCUT2D eigenvalue weighted by atomic mass is 127. The van der Waals surface area contributed by atoms with Crippen LogP contribution < -0.4 is 5.32 Å². The Kier molecular flexibility index (Phi) is 6.71. The van der Waals surface area contributed by atoms with Gasteiger partial charge in [-0.1, -0.05) is 13.8 Å². The second-order valence-corrected chi connectivity index (χ2v) is 7.88. The van der Waals surface area contributed by atoms with Crippen molar-refractivity contribution in [3.8, 4) is 0 Å². The Bertz CT molecular complexity index is 575. The van der Waals surface area contributed by atoms with E-state index in [0.29, 0.717) is 5.41 Å². The number of guanidine groups is 1. The first kappa shape index (κ1) is 21.2. The van der Waals surface area contributed by atoms with Crippen molar-refractivity contribution in [1.82, 2.24) is 24.9 Å². The molecule has 1 atom stereocenters. The summed E-state index contributed by atoms with van der Waals surface area (Å²) >= 11 is 0. The van der Waals surface area contributed by atoms with E-state index < -0.39 is 0 Å². The van der Waals surface area contributed by atoms with Gasteiger partial charge >= 0.3 is 0 Å². The SMILES string of the molecule is CN=C(NCC(c1cnn(C)c1)N(C)C)N1CC(C)(C)C1(C)C.I. The molecule has 1 saturated heterocycles. The monoisotopic (exact) mass is 448 g/mol. The summed E-state index contributed by atoms with van der Waals surface area (Å²) in [5, 5.41) is 7.84. The molecule has 6 nitrogen and oxygen atoms in total. The third kappa shape index (κ3) is 3.87. The summed E-state index contributed by atoms with van der Waals surface area (Å²) in [7, 11) is 8.00. The maximum absolute atomic E-state index is 4.49. The Morgan fingerprint density at radius 3 is 2.38 bits per heavy atom. The second kappa shape index (κ2) is 7.59. The third-order valence-corrected chi connectivity index (χ3v) is 5.54. The van der Waals surface area contributed by atoms with Crippen LogP contribution in [0.25, 0.3) is 0 Å². The Morgan fingerprint density at radius 1 is 1.38 bits per heavy atom. The van der Waals surface area contributed by atoms with Crippen molar-refractivity contribution in [2.75, 3.05) is 34.2 Å². The first-order chi connectivity index (χ1) is 10.6. The van der Waals surface area contributed by atoms with Crippen molar-refractivity contribution < 1.29 is 0 Å². The number of halogens is 1. The van der Waals surface area contributed by atoms with Crippen LogP contribution in [0, 0.1) is 5.41 Å². The fourth-order valence-corrected chi connectivity index (χ4v) is 3.09. The first-order valence-electron chi connectivity index (χ1n) is 8.23. The van der Waals surface area contributed by atoms with Gasteiger partial charge in [0.2, 0.25) is 0 Å². The average Bonchev–Trinajstić information content (AvgIpc) is 2.87. The van der Waals surface area contributed by atoms with Gasteiger partial charge in [0.05, 0.1) is 12.2 Å². The summed E-state index contributed by atoms with van der Waals surface area (Å²) in [4.78, 5) is 9.07. The van der Waals surface area contributed by atoms with Gasteiger partial charge in [-0.3, -0.25) is 9.67 Å². The highest BCUT2D eigenvalue weighted by Gasteiger charge is 2.53. The largest absolute Gasteiger partial charge is 0.354 e. The number of aryl methyl sites for hydroxylation is 1. The van der Waals surface area contributed by atoms with Crippen LogP contribution in [-0.4, -0.2) is 65.3 Å². The first-order valence-corrected chi connectivity index (χ1v) is 8.23. The van der Waals surface area contributed by atoms with E-state index in [-0.39, 0.29) is 35.6 Å². The van der Waals surface area contributed by atoms with E-state index in [0.717, 1.165) is 19.0 Å². The molecule has 0 amide bonds. The molecular formula is C17H33IN6. The predicted molar refractivity (Wildman–Crippen MR) is 111 cm³/mol. The zero-order chi connectivity index (χ0) is 17.4. The highest BCUT2D eigenvalue weighted by molar-refractivity contribution is 14.0. The predicted octanol–water partition coefficient (Wildman–Crippen LogP) is 2.34. The Morgan fingerprint density at radius 2 is 2.00 bits per heavy atom. The highest BCUT2D eigenvalue weighted by Crippen LogP contribution is 2.46. The van der Waals surface area contributed by atoms with Crippen LogP contribution in [0.5, 0.6) is 0 Å². The van der Waals surface area contributed by atoms with Crippen LogP contribution in [0.2, 0.25) is 0 Å². The van der Waals surface area contributed by atoms with Crippen molar-refractivity contribution in [3.05, 3.63) is 18.0 Å². The summed E-state index contributed by atoms with van der Waals surface area (Å²) in [6.07, 6.45) is 4.01. The second-order valence-electron chi connectivity index (χ2n) is 7.88. The normalized spacial score (nSPS) is 20.4. The van der Waals surface area contributed by atoms with Gasteiger partial charge in [0.15, 0.2) is 5.96 Å². The Balaban J connectivity index is 0.00000288. The molecule has 0 aliphatic carbocycles. The number of hydrogen-bond donors (Lipinski definition) is 1. The van der Waals surface area contributed by atoms with Crippen molar-refractivity contribution in [2.24, 2.45) is 17.5 Å². The zero-order valence-electron chi connectivity index (χ0n) is 16.3. The molecule has 1 N–H and O–H groups in total. The van der Waals surface area contributed by atoms with Gasteiger partial charge in [0, 0.05) is 49.9 Å². The van der Waals surface area contributed by atoms with Gasteiger partial charge < -0.3 is 15.1 Å². The van der Waals surface area contributed by atoms with E-state index >= 15 is 0 Å². The van der Waals surface area contributed by atoms with Crippen LogP contribution in [0.15, 0.2) is 17.4 Å². The molecule has 0 radical (unpaired) electrons. The maximum atomic E-state index is 4.49. The average molecular weight is 448 g/mol. The van der Waals surface area contributed by atoms with E-state index in [9.17, 15) is 0 Å². The molecule has 0 saturated carbocycles. The maximum Gasteiger partial charge on any atom is 0.194 e. The van der Waals surface area contributed by atoms with Crippen LogP contribution in [0.3, 0.4) is 0 Å². The van der Waals surface area contributed by atoms with Gasteiger partial charge in [-0.25, -0.2) is 0 Å². The third-order valence-electron chi connectivity index (χ3n) is 5.54. The minimum atomic E-state index is 0. The number of likely N-dealkylation sites (N-methyl/N-ethyl adjacent to an activating group) is 1. The quantitative estimate of drug-likeness (QED) is 0.437. The molecule has 7 heteroatoms. The van der Waals surface area contributed by atoms with Crippen molar-refractivity contribution in [1.29, 1.82) is 0 Å². The molecule has 0 spiro atoms. The molecule has 1 aromatic heterocycles.